The maximum absolute atomic E-state index is 12.3. The molecular formula is C26H30N2O2S. The van der Waals surface area contributed by atoms with Crippen molar-refractivity contribution in [1.82, 2.24) is 10.2 Å². The number of hydrogen-bond acceptors (Lipinski definition) is 4. The van der Waals surface area contributed by atoms with Crippen LogP contribution in [0.5, 0.6) is 5.75 Å². The summed E-state index contributed by atoms with van der Waals surface area (Å²) in [4.78, 5) is 14.6. The summed E-state index contributed by atoms with van der Waals surface area (Å²) in [6.07, 6.45) is 0. The van der Waals surface area contributed by atoms with Gasteiger partial charge in [-0.05, 0) is 42.2 Å². The summed E-state index contributed by atoms with van der Waals surface area (Å²) >= 11 is 1.18. The van der Waals surface area contributed by atoms with E-state index in [0.29, 0.717) is 6.54 Å². The Morgan fingerprint density at radius 2 is 1.48 bits per heavy atom. The summed E-state index contributed by atoms with van der Waals surface area (Å²) < 4.78 is 5.72. The number of rotatable bonds is 11. The molecule has 0 bridgehead atoms. The van der Waals surface area contributed by atoms with Crippen LogP contribution in [0, 0.1) is 13.8 Å². The normalized spacial score (nSPS) is 10.8. The SMILES string of the molecule is Cc1cccc(OSCC(=O)NCCN(Cc2ccccc2)Cc2ccccc2)c1C. The number of aryl methyl sites for hydroxylation is 1. The smallest absolute Gasteiger partial charge is 0.233 e. The van der Waals surface area contributed by atoms with E-state index in [4.69, 9.17) is 4.18 Å². The molecule has 0 aliphatic rings. The third-order valence-electron chi connectivity index (χ3n) is 5.14. The van der Waals surface area contributed by atoms with Crippen molar-refractivity contribution in [2.45, 2.75) is 26.9 Å². The van der Waals surface area contributed by atoms with E-state index in [1.807, 2.05) is 31.2 Å². The second-order valence-electron chi connectivity index (χ2n) is 7.58. The van der Waals surface area contributed by atoms with Gasteiger partial charge in [-0.15, -0.1) is 0 Å². The van der Waals surface area contributed by atoms with Crippen LogP contribution in [-0.2, 0) is 17.9 Å². The van der Waals surface area contributed by atoms with Gasteiger partial charge < -0.3 is 9.50 Å². The molecule has 1 N–H and O–H groups in total. The lowest BCUT2D eigenvalue weighted by molar-refractivity contribution is -0.118. The van der Waals surface area contributed by atoms with E-state index < -0.39 is 0 Å². The van der Waals surface area contributed by atoms with Crippen LogP contribution in [0.1, 0.15) is 22.3 Å². The van der Waals surface area contributed by atoms with Crippen molar-refractivity contribution >= 4 is 17.9 Å². The maximum atomic E-state index is 12.3. The van der Waals surface area contributed by atoms with Crippen LogP contribution in [0.2, 0.25) is 0 Å². The van der Waals surface area contributed by atoms with Crippen LogP contribution < -0.4 is 9.50 Å². The Morgan fingerprint density at radius 3 is 2.10 bits per heavy atom. The average Bonchev–Trinajstić information content (AvgIpc) is 2.78. The fraction of sp³-hybridized carbons (Fsp3) is 0.269. The lowest BCUT2D eigenvalue weighted by Gasteiger charge is -2.23. The Bertz CT molecular complexity index is 907. The Morgan fingerprint density at radius 1 is 0.871 bits per heavy atom. The molecule has 0 heterocycles. The van der Waals surface area contributed by atoms with Gasteiger partial charge in [-0.25, -0.2) is 0 Å². The summed E-state index contributed by atoms with van der Waals surface area (Å²) in [5, 5.41) is 3.02. The van der Waals surface area contributed by atoms with Gasteiger partial charge in [-0.3, -0.25) is 9.69 Å². The molecule has 1 amide bonds. The first-order chi connectivity index (χ1) is 15.1. The summed E-state index contributed by atoms with van der Waals surface area (Å²) in [6, 6.07) is 26.8. The molecule has 0 aliphatic heterocycles. The number of nitrogens with zero attached hydrogens (tertiary/aromatic N) is 1. The molecule has 5 heteroatoms. The van der Waals surface area contributed by atoms with Crippen molar-refractivity contribution in [2.24, 2.45) is 0 Å². The fourth-order valence-corrected chi connectivity index (χ4v) is 3.84. The van der Waals surface area contributed by atoms with Crippen LogP contribution >= 0.6 is 12.0 Å². The first kappa shape index (κ1) is 22.9. The van der Waals surface area contributed by atoms with Gasteiger partial charge in [0, 0.05) is 26.2 Å². The van der Waals surface area contributed by atoms with Crippen molar-refractivity contribution in [3.63, 3.8) is 0 Å². The molecular weight excluding hydrogens is 404 g/mol. The predicted octanol–water partition coefficient (Wildman–Crippen LogP) is 5.15. The van der Waals surface area contributed by atoms with Gasteiger partial charge in [0.1, 0.15) is 11.5 Å². The Hall–Kier alpha value is -2.76. The third kappa shape index (κ3) is 7.78. The molecule has 0 fully saturated rings. The Labute approximate surface area is 189 Å². The highest BCUT2D eigenvalue weighted by atomic mass is 32.2. The van der Waals surface area contributed by atoms with Gasteiger partial charge >= 0.3 is 0 Å². The molecule has 31 heavy (non-hydrogen) atoms. The number of nitrogens with one attached hydrogen (secondary N) is 1. The second-order valence-corrected chi connectivity index (χ2v) is 8.27. The predicted molar refractivity (Wildman–Crippen MR) is 129 cm³/mol. The molecule has 0 saturated carbocycles. The number of carbonyl (C=O) groups is 1. The van der Waals surface area contributed by atoms with Gasteiger partial charge in [-0.1, -0.05) is 72.8 Å². The van der Waals surface area contributed by atoms with Crippen molar-refractivity contribution < 1.29 is 8.98 Å². The minimum absolute atomic E-state index is 0.0188. The molecule has 0 aliphatic carbocycles. The number of hydrogen-bond donors (Lipinski definition) is 1. The summed E-state index contributed by atoms with van der Waals surface area (Å²) in [7, 11) is 0. The number of amides is 1. The monoisotopic (exact) mass is 434 g/mol. The fourth-order valence-electron chi connectivity index (χ4n) is 3.26. The minimum Gasteiger partial charge on any atom is -0.425 e. The molecule has 3 aromatic carbocycles. The molecule has 0 aromatic heterocycles. The molecule has 3 rings (SSSR count). The lowest BCUT2D eigenvalue weighted by Crippen LogP contribution is -2.35. The average molecular weight is 435 g/mol. The quantitative estimate of drug-likeness (QED) is 0.424. The standard InChI is InChI=1S/C26H30N2O2S/c1-21-10-9-15-25(22(21)2)30-31-20-26(29)27-16-17-28(18-23-11-5-3-6-12-23)19-24-13-7-4-8-14-24/h3-15H,16-20H2,1-2H3,(H,27,29). The zero-order valence-corrected chi connectivity index (χ0v) is 19.0. The molecule has 3 aromatic rings. The van der Waals surface area contributed by atoms with Crippen molar-refractivity contribution in [2.75, 3.05) is 18.8 Å². The van der Waals surface area contributed by atoms with Gasteiger partial charge in [0.25, 0.3) is 0 Å². The highest BCUT2D eigenvalue weighted by molar-refractivity contribution is 7.95. The van der Waals surface area contributed by atoms with E-state index in [2.05, 4.69) is 71.7 Å². The first-order valence-corrected chi connectivity index (χ1v) is 11.5. The van der Waals surface area contributed by atoms with E-state index in [1.54, 1.807) is 0 Å². The van der Waals surface area contributed by atoms with Crippen LogP contribution in [0.25, 0.3) is 0 Å². The van der Waals surface area contributed by atoms with Gasteiger partial charge in [0.2, 0.25) is 5.91 Å². The van der Waals surface area contributed by atoms with Crippen LogP contribution in [0.15, 0.2) is 78.9 Å². The van der Waals surface area contributed by atoms with Crippen LogP contribution in [0.3, 0.4) is 0 Å². The van der Waals surface area contributed by atoms with E-state index in [0.717, 1.165) is 30.9 Å². The van der Waals surface area contributed by atoms with Gasteiger partial charge in [-0.2, -0.15) is 0 Å². The first-order valence-electron chi connectivity index (χ1n) is 10.5. The Kier molecular flexibility index (Phi) is 9.00. The zero-order chi connectivity index (χ0) is 21.9. The topological polar surface area (TPSA) is 41.6 Å². The Balaban J connectivity index is 1.45. The number of carbonyl (C=O) groups excluding carboxylic acids is 1. The maximum Gasteiger partial charge on any atom is 0.233 e. The van der Waals surface area contributed by atoms with E-state index in [-0.39, 0.29) is 11.7 Å². The summed E-state index contributed by atoms with van der Waals surface area (Å²) in [5.41, 5.74) is 4.82. The molecule has 0 unspecified atom stereocenters. The van der Waals surface area contributed by atoms with Gasteiger partial charge in [0.05, 0.1) is 12.0 Å². The van der Waals surface area contributed by atoms with Gasteiger partial charge in [0.15, 0.2) is 0 Å². The van der Waals surface area contributed by atoms with E-state index in [9.17, 15) is 4.79 Å². The second kappa shape index (κ2) is 12.2. The molecule has 0 spiro atoms. The molecule has 0 atom stereocenters. The van der Waals surface area contributed by atoms with Crippen molar-refractivity contribution in [3.8, 4) is 5.75 Å². The summed E-state index contributed by atoms with van der Waals surface area (Å²) in [6.45, 7) is 7.14. The largest absolute Gasteiger partial charge is 0.425 e. The van der Waals surface area contributed by atoms with Crippen LogP contribution in [0.4, 0.5) is 0 Å². The van der Waals surface area contributed by atoms with E-state index >= 15 is 0 Å². The number of benzene rings is 3. The molecule has 4 nitrogen and oxygen atoms in total. The zero-order valence-electron chi connectivity index (χ0n) is 18.2. The summed E-state index contributed by atoms with van der Waals surface area (Å²) in [5.74, 6) is 1.06. The highest BCUT2D eigenvalue weighted by Crippen LogP contribution is 2.23. The molecule has 0 saturated heterocycles. The van der Waals surface area contributed by atoms with E-state index in [1.165, 1.54) is 28.7 Å². The van der Waals surface area contributed by atoms with Crippen molar-refractivity contribution in [1.29, 1.82) is 0 Å². The minimum atomic E-state index is -0.0188. The van der Waals surface area contributed by atoms with Crippen LogP contribution in [-0.4, -0.2) is 29.6 Å². The lowest BCUT2D eigenvalue weighted by atomic mass is 10.1. The highest BCUT2D eigenvalue weighted by Gasteiger charge is 2.10. The molecule has 0 radical (unpaired) electrons. The van der Waals surface area contributed by atoms with Crippen molar-refractivity contribution in [3.05, 3.63) is 101 Å². The molecule has 162 valence electrons. The third-order valence-corrected chi connectivity index (χ3v) is 5.82.